The molecule has 0 bridgehead atoms. The Bertz CT molecular complexity index is 703. The van der Waals surface area contributed by atoms with Crippen LogP contribution >= 0.6 is 0 Å². The van der Waals surface area contributed by atoms with Crippen molar-refractivity contribution in [3.05, 3.63) is 29.7 Å². The van der Waals surface area contributed by atoms with Crippen molar-refractivity contribution < 1.29 is 12.8 Å². The van der Waals surface area contributed by atoms with Crippen LogP contribution < -0.4 is 10.5 Å². The largest absolute Gasteiger partial charge is 0.464 e. The zero-order chi connectivity index (χ0) is 14.9. The Labute approximate surface area is 117 Å². The van der Waals surface area contributed by atoms with Gasteiger partial charge in [-0.25, -0.2) is 13.1 Å². The lowest BCUT2D eigenvalue weighted by Crippen LogP contribution is -2.28. The second-order valence-electron chi connectivity index (χ2n) is 4.48. The molecule has 0 spiro atoms. The highest BCUT2D eigenvalue weighted by Gasteiger charge is 2.25. The minimum atomic E-state index is -3.70. The number of nitrogens with one attached hydrogen (secondary N) is 1. The normalized spacial score (nSPS) is 13.6. The molecule has 0 saturated carbocycles. The van der Waals surface area contributed by atoms with Crippen molar-refractivity contribution in [2.75, 3.05) is 0 Å². The number of nitrogens with zero attached hydrogens (tertiary/aromatic N) is 3. The van der Waals surface area contributed by atoms with Crippen LogP contribution in [0.2, 0.25) is 0 Å². The van der Waals surface area contributed by atoms with E-state index in [1.807, 2.05) is 0 Å². The Balaban J connectivity index is 2.27. The summed E-state index contributed by atoms with van der Waals surface area (Å²) in [6, 6.07) is 0.921. The van der Waals surface area contributed by atoms with E-state index in [2.05, 4.69) is 14.9 Å². The molecule has 0 radical (unpaired) electrons. The van der Waals surface area contributed by atoms with Gasteiger partial charge >= 0.3 is 0 Å². The molecule has 2 heterocycles. The van der Waals surface area contributed by atoms with Crippen molar-refractivity contribution in [1.29, 1.82) is 0 Å². The zero-order valence-corrected chi connectivity index (χ0v) is 12.3. The summed E-state index contributed by atoms with van der Waals surface area (Å²) < 4.78 is 34.1. The fourth-order valence-electron chi connectivity index (χ4n) is 1.92. The van der Waals surface area contributed by atoms with E-state index in [1.54, 1.807) is 25.5 Å². The van der Waals surface area contributed by atoms with Gasteiger partial charge in [-0.3, -0.25) is 0 Å². The van der Waals surface area contributed by atoms with E-state index in [0.717, 1.165) is 0 Å². The van der Waals surface area contributed by atoms with Crippen molar-refractivity contribution in [2.24, 2.45) is 12.8 Å². The van der Waals surface area contributed by atoms with Gasteiger partial charge in [-0.05, 0) is 13.8 Å². The first-order valence-corrected chi connectivity index (χ1v) is 7.49. The summed E-state index contributed by atoms with van der Waals surface area (Å²) >= 11 is 0. The van der Waals surface area contributed by atoms with Gasteiger partial charge in [0.05, 0.1) is 12.6 Å². The van der Waals surface area contributed by atoms with Gasteiger partial charge in [0.2, 0.25) is 10.0 Å². The van der Waals surface area contributed by atoms with Gasteiger partial charge in [0, 0.05) is 13.1 Å². The first-order valence-electron chi connectivity index (χ1n) is 6.00. The number of rotatable bonds is 5. The molecule has 20 heavy (non-hydrogen) atoms. The molecule has 2 aromatic heterocycles. The average Bonchev–Trinajstić information content (AvgIpc) is 2.94. The van der Waals surface area contributed by atoms with Crippen LogP contribution in [0.3, 0.4) is 0 Å². The van der Waals surface area contributed by atoms with E-state index in [4.69, 9.17) is 10.2 Å². The molecule has 2 rings (SSSR count). The fourth-order valence-corrected chi connectivity index (χ4v) is 3.33. The summed E-state index contributed by atoms with van der Waals surface area (Å²) in [6.07, 6.45) is 1.51. The molecule has 3 N–H and O–H groups in total. The number of nitrogens with two attached hydrogens (primary N) is 1. The predicted octanol–water partition coefficient (Wildman–Crippen LogP) is 0.215. The van der Waals surface area contributed by atoms with Crippen molar-refractivity contribution in [3.8, 4) is 0 Å². The maximum Gasteiger partial charge on any atom is 0.244 e. The molecule has 0 aliphatic carbocycles. The lowest BCUT2D eigenvalue weighted by molar-refractivity contribution is 0.478. The summed E-state index contributed by atoms with van der Waals surface area (Å²) in [7, 11) is -1.96. The van der Waals surface area contributed by atoms with E-state index >= 15 is 0 Å². The number of furan rings is 1. The third-order valence-electron chi connectivity index (χ3n) is 2.88. The number of aryl methyl sites for hydroxylation is 2. The summed E-state index contributed by atoms with van der Waals surface area (Å²) in [5.74, 6) is 1.26. The van der Waals surface area contributed by atoms with Crippen LogP contribution in [-0.2, 0) is 23.6 Å². The minimum absolute atomic E-state index is 0.0898. The van der Waals surface area contributed by atoms with Gasteiger partial charge < -0.3 is 14.7 Å². The number of aromatic nitrogens is 3. The molecule has 2 aromatic rings. The molecule has 9 heteroatoms. The van der Waals surface area contributed by atoms with Crippen LogP contribution in [0, 0.1) is 6.92 Å². The maximum atomic E-state index is 12.3. The Kier molecular flexibility index (Phi) is 3.93. The van der Waals surface area contributed by atoms with E-state index in [1.165, 1.54) is 12.4 Å². The second kappa shape index (κ2) is 5.35. The summed E-state index contributed by atoms with van der Waals surface area (Å²) in [5.41, 5.74) is 5.44. The Morgan fingerprint density at radius 3 is 2.75 bits per heavy atom. The molecule has 1 atom stereocenters. The zero-order valence-electron chi connectivity index (χ0n) is 11.5. The number of sulfonamides is 1. The predicted molar refractivity (Wildman–Crippen MR) is 71.1 cm³/mol. The lowest BCUT2D eigenvalue weighted by atomic mass is 10.3. The highest BCUT2D eigenvalue weighted by atomic mass is 32.2. The molecule has 0 aliphatic heterocycles. The maximum absolute atomic E-state index is 12.3. The standard InChI is InChI=1S/C11H17N5O3S/c1-7(11-14-13-6-16(11)3)15-20(17,18)10-4-9(5-12)19-8(10)2/h4,6-7,15H,5,12H2,1-3H3. The van der Waals surface area contributed by atoms with Gasteiger partial charge in [0.15, 0.2) is 0 Å². The van der Waals surface area contributed by atoms with Gasteiger partial charge in [-0.15, -0.1) is 10.2 Å². The van der Waals surface area contributed by atoms with E-state index in [-0.39, 0.29) is 11.4 Å². The van der Waals surface area contributed by atoms with Gasteiger partial charge in [-0.1, -0.05) is 0 Å². The molecular weight excluding hydrogens is 282 g/mol. The van der Waals surface area contributed by atoms with Crippen molar-refractivity contribution >= 4 is 10.0 Å². The smallest absolute Gasteiger partial charge is 0.244 e. The highest BCUT2D eigenvalue weighted by molar-refractivity contribution is 7.89. The van der Waals surface area contributed by atoms with Crippen LogP contribution in [-0.4, -0.2) is 23.2 Å². The Hall–Kier alpha value is -1.71. The molecule has 110 valence electrons. The quantitative estimate of drug-likeness (QED) is 0.815. The summed E-state index contributed by atoms with van der Waals surface area (Å²) in [4.78, 5) is 0.0898. The average molecular weight is 299 g/mol. The van der Waals surface area contributed by atoms with Crippen LogP contribution in [0.4, 0.5) is 0 Å². The van der Waals surface area contributed by atoms with E-state index in [0.29, 0.717) is 17.3 Å². The lowest BCUT2D eigenvalue weighted by Gasteiger charge is -2.12. The van der Waals surface area contributed by atoms with E-state index in [9.17, 15) is 8.42 Å². The number of hydrogen-bond acceptors (Lipinski definition) is 6. The third-order valence-corrected chi connectivity index (χ3v) is 4.53. The topological polar surface area (TPSA) is 116 Å². The van der Waals surface area contributed by atoms with Gasteiger partial charge in [0.25, 0.3) is 0 Å². The van der Waals surface area contributed by atoms with Crippen molar-refractivity contribution in [3.63, 3.8) is 0 Å². The molecule has 1 unspecified atom stereocenters. The van der Waals surface area contributed by atoms with Crippen LogP contribution in [0.25, 0.3) is 0 Å². The van der Waals surface area contributed by atoms with Crippen molar-refractivity contribution in [2.45, 2.75) is 31.3 Å². The Morgan fingerprint density at radius 2 is 2.25 bits per heavy atom. The summed E-state index contributed by atoms with van der Waals surface area (Å²) in [6.45, 7) is 3.43. The minimum Gasteiger partial charge on any atom is -0.464 e. The molecule has 0 fully saturated rings. The number of hydrogen-bond donors (Lipinski definition) is 2. The SMILES string of the molecule is Cc1oc(CN)cc1S(=O)(=O)NC(C)c1nncn1C. The molecule has 0 saturated heterocycles. The van der Waals surface area contributed by atoms with Gasteiger partial charge in [-0.2, -0.15) is 0 Å². The van der Waals surface area contributed by atoms with Crippen LogP contribution in [0.1, 0.15) is 30.3 Å². The van der Waals surface area contributed by atoms with Crippen molar-refractivity contribution in [1.82, 2.24) is 19.5 Å². The molecular formula is C11H17N5O3S. The highest BCUT2D eigenvalue weighted by Crippen LogP contribution is 2.21. The van der Waals surface area contributed by atoms with E-state index < -0.39 is 16.1 Å². The fraction of sp³-hybridized carbons (Fsp3) is 0.455. The molecule has 8 nitrogen and oxygen atoms in total. The molecule has 0 aliphatic rings. The van der Waals surface area contributed by atoms with Crippen LogP contribution in [0.15, 0.2) is 21.7 Å². The van der Waals surface area contributed by atoms with Gasteiger partial charge in [0.1, 0.15) is 28.6 Å². The first kappa shape index (κ1) is 14.7. The molecule has 0 aromatic carbocycles. The Morgan fingerprint density at radius 1 is 1.55 bits per heavy atom. The third kappa shape index (κ3) is 2.74. The second-order valence-corrected chi connectivity index (χ2v) is 6.16. The monoisotopic (exact) mass is 299 g/mol. The first-order chi connectivity index (χ1) is 9.35. The van der Waals surface area contributed by atoms with Crippen LogP contribution in [0.5, 0.6) is 0 Å². The summed E-state index contributed by atoms with van der Waals surface area (Å²) in [5, 5.41) is 7.60. The molecule has 0 amide bonds.